The van der Waals surface area contributed by atoms with Crippen molar-refractivity contribution in [2.75, 3.05) is 0 Å². The summed E-state index contributed by atoms with van der Waals surface area (Å²) in [5.74, 6) is -3.59. The Morgan fingerprint density at radius 1 is 1.08 bits per heavy atom. The van der Waals surface area contributed by atoms with E-state index in [0.29, 0.717) is 0 Å². The van der Waals surface area contributed by atoms with Crippen molar-refractivity contribution in [1.82, 2.24) is 0 Å². The molecule has 0 aliphatic rings. The number of carbonyl (C=O) groups is 1. The summed E-state index contributed by atoms with van der Waals surface area (Å²) >= 11 is 0. The van der Waals surface area contributed by atoms with Gasteiger partial charge in [-0.25, -0.2) is 4.79 Å². The van der Waals surface area contributed by atoms with Gasteiger partial charge in [-0.2, -0.15) is 0 Å². The number of hydrogen-bond acceptors (Lipinski definition) is 4. The number of benzene rings is 1. The first-order valence-corrected chi connectivity index (χ1v) is 3.01. The van der Waals surface area contributed by atoms with Crippen LogP contribution in [-0.4, -0.2) is 52.6 Å². The molecule has 0 heterocycles. The van der Waals surface area contributed by atoms with Crippen LogP contribution >= 0.6 is 0 Å². The zero-order valence-electron chi connectivity index (χ0n) is 6.30. The largest absolute Gasteiger partial charge is 0.504 e. The van der Waals surface area contributed by atoms with Crippen LogP contribution in [0.1, 0.15) is 10.4 Å². The van der Waals surface area contributed by atoms with Gasteiger partial charge in [-0.05, 0) is 12.1 Å². The SMILES string of the molecule is O=C(O)c1ccc(O)c(O)c1O.[Bi]. The maximum absolute atomic E-state index is 10.3. The number of carboxylic acids is 1. The molecule has 0 saturated heterocycles. The summed E-state index contributed by atoms with van der Waals surface area (Å²) in [7, 11) is 0. The van der Waals surface area contributed by atoms with E-state index < -0.39 is 28.8 Å². The summed E-state index contributed by atoms with van der Waals surface area (Å²) < 4.78 is 0. The van der Waals surface area contributed by atoms with Crippen molar-refractivity contribution in [2.24, 2.45) is 0 Å². The number of rotatable bonds is 1. The molecule has 0 spiro atoms. The molecule has 4 N–H and O–H groups in total. The number of aromatic carboxylic acids is 1. The molecule has 0 amide bonds. The van der Waals surface area contributed by atoms with Gasteiger partial charge in [0, 0.05) is 26.2 Å². The average Bonchev–Trinajstić information content (AvgIpc) is 2.00. The number of hydrogen-bond donors (Lipinski definition) is 4. The third-order valence-electron chi connectivity index (χ3n) is 1.36. The predicted molar refractivity (Wildman–Crippen MR) is 44.1 cm³/mol. The topological polar surface area (TPSA) is 98.0 Å². The zero-order chi connectivity index (χ0) is 9.30. The second-order valence-corrected chi connectivity index (χ2v) is 2.13. The summed E-state index contributed by atoms with van der Waals surface area (Å²) in [6.07, 6.45) is 0. The minimum absolute atomic E-state index is 0. The molecule has 69 valence electrons. The van der Waals surface area contributed by atoms with E-state index in [1.54, 1.807) is 0 Å². The van der Waals surface area contributed by atoms with Crippen molar-refractivity contribution in [3.05, 3.63) is 17.7 Å². The minimum Gasteiger partial charge on any atom is -0.504 e. The molecule has 3 radical (unpaired) electrons. The van der Waals surface area contributed by atoms with E-state index in [1.807, 2.05) is 0 Å². The molecule has 0 aliphatic carbocycles. The van der Waals surface area contributed by atoms with Crippen LogP contribution in [0.15, 0.2) is 12.1 Å². The molecule has 6 heteroatoms. The van der Waals surface area contributed by atoms with Gasteiger partial charge in [-0.1, -0.05) is 0 Å². The Hall–Kier alpha value is -1.03. The summed E-state index contributed by atoms with van der Waals surface area (Å²) in [5, 5.41) is 35.1. The van der Waals surface area contributed by atoms with E-state index in [0.717, 1.165) is 12.1 Å². The zero-order valence-corrected chi connectivity index (χ0v) is 9.78. The molecule has 0 aliphatic heterocycles. The van der Waals surface area contributed by atoms with Gasteiger partial charge in [0.15, 0.2) is 11.5 Å². The summed E-state index contributed by atoms with van der Waals surface area (Å²) in [5.41, 5.74) is -0.453. The van der Waals surface area contributed by atoms with E-state index in [9.17, 15) is 4.79 Å². The normalized spacial score (nSPS) is 8.92. The summed E-state index contributed by atoms with van der Waals surface area (Å²) in [6, 6.07) is 1.98. The van der Waals surface area contributed by atoms with Crippen molar-refractivity contribution < 1.29 is 25.2 Å². The Morgan fingerprint density at radius 3 is 2.08 bits per heavy atom. The van der Waals surface area contributed by atoms with Crippen LogP contribution in [0.5, 0.6) is 17.2 Å². The Kier molecular flexibility index (Phi) is 3.94. The maximum Gasteiger partial charge on any atom is 0.339 e. The smallest absolute Gasteiger partial charge is 0.339 e. The molecular formula is C7H6BiO5. The fraction of sp³-hybridized carbons (Fsp3) is 0. The first-order valence-electron chi connectivity index (χ1n) is 3.01. The fourth-order valence-corrected chi connectivity index (χ4v) is 0.742. The standard InChI is InChI=1S/C7H6O5.Bi/c8-4-2-1-3(7(11)12)5(9)6(4)10;/h1-2,8-10H,(H,11,12);. The van der Waals surface area contributed by atoms with Crippen LogP contribution in [0.3, 0.4) is 0 Å². The van der Waals surface area contributed by atoms with Gasteiger partial charge in [0.1, 0.15) is 5.56 Å². The van der Waals surface area contributed by atoms with Crippen molar-refractivity contribution in [2.45, 2.75) is 0 Å². The Labute approximate surface area is 92.4 Å². The van der Waals surface area contributed by atoms with Gasteiger partial charge in [-0.15, -0.1) is 0 Å². The van der Waals surface area contributed by atoms with Crippen LogP contribution < -0.4 is 0 Å². The molecule has 0 aromatic heterocycles. The van der Waals surface area contributed by atoms with Crippen LogP contribution in [0.4, 0.5) is 0 Å². The van der Waals surface area contributed by atoms with Gasteiger partial charge in [0.25, 0.3) is 0 Å². The van der Waals surface area contributed by atoms with Gasteiger partial charge in [0.05, 0.1) is 0 Å². The third-order valence-corrected chi connectivity index (χ3v) is 1.36. The third kappa shape index (κ3) is 2.21. The second-order valence-electron chi connectivity index (χ2n) is 2.13. The molecule has 0 saturated carbocycles. The van der Waals surface area contributed by atoms with Crippen molar-refractivity contribution in [1.29, 1.82) is 0 Å². The fourth-order valence-electron chi connectivity index (χ4n) is 0.742. The Bertz CT molecular complexity index is 336. The van der Waals surface area contributed by atoms with Crippen molar-refractivity contribution >= 4 is 32.2 Å². The molecule has 0 unspecified atom stereocenters. The molecule has 0 atom stereocenters. The summed E-state index contributed by atoms with van der Waals surface area (Å²) in [4.78, 5) is 10.3. The monoisotopic (exact) mass is 379 g/mol. The number of aromatic hydroxyl groups is 3. The van der Waals surface area contributed by atoms with E-state index in [1.165, 1.54) is 0 Å². The molecule has 1 aromatic rings. The molecule has 1 aromatic carbocycles. The van der Waals surface area contributed by atoms with E-state index in [-0.39, 0.29) is 26.2 Å². The first kappa shape index (κ1) is 12.0. The molecule has 1 rings (SSSR count). The van der Waals surface area contributed by atoms with Gasteiger partial charge in [-0.3, -0.25) is 0 Å². The summed E-state index contributed by atoms with van der Waals surface area (Å²) in [6.45, 7) is 0. The van der Waals surface area contributed by atoms with Gasteiger partial charge >= 0.3 is 5.97 Å². The van der Waals surface area contributed by atoms with E-state index in [4.69, 9.17) is 20.4 Å². The number of phenolic OH excluding ortho intramolecular Hbond substituents is 2. The Balaban J connectivity index is 0.00000144. The molecular weight excluding hydrogens is 373 g/mol. The Morgan fingerprint density at radius 2 is 1.62 bits per heavy atom. The van der Waals surface area contributed by atoms with Gasteiger partial charge < -0.3 is 20.4 Å². The van der Waals surface area contributed by atoms with Crippen molar-refractivity contribution in [3.8, 4) is 17.2 Å². The maximum atomic E-state index is 10.3. The van der Waals surface area contributed by atoms with Gasteiger partial charge in [0.2, 0.25) is 5.75 Å². The van der Waals surface area contributed by atoms with Crippen molar-refractivity contribution in [3.63, 3.8) is 0 Å². The molecule has 0 bridgehead atoms. The van der Waals surface area contributed by atoms with E-state index >= 15 is 0 Å². The molecule has 5 nitrogen and oxygen atoms in total. The number of phenols is 3. The van der Waals surface area contributed by atoms with Crippen LogP contribution in [-0.2, 0) is 0 Å². The molecule has 0 fully saturated rings. The minimum atomic E-state index is -1.37. The quantitative estimate of drug-likeness (QED) is 0.411. The van der Waals surface area contributed by atoms with Crippen LogP contribution in [0.25, 0.3) is 0 Å². The predicted octanol–water partition coefficient (Wildman–Crippen LogP) is 0.121. The molecule has 13 heavy (non-hydrogen) atoms. The second kappa shape index (κ2) is 4.28. The average molecular weight is 379 g/mol. The number of carboxylic acid groups (broad SMARTS) is 1. The van der Waals surface area contributed by atoms with E-state index in [2.05, 4.69) is 0 Å². The first-order chi connectivity index (χ1) is 5.54. The van der Waals surface area contributed by atoms with Crippen LogP contribution in [0.2, 0.25) is 0 Å². The van der Waals surface area contributed by atoms with Crippen LogP contribution in [0, 0.1) is 0 Å².